The first kappa shape index (κ1) is 19.3. The third-order valence-corrected chi connectivity index (χ3v) is 5.19. The van der Waals surface area contributed by atoms with Crippen molar-refractivity contribution in [3.63, 3.8) is 0 Å². The number of halogens is 3. The smallest absolute Gasteiger partial charge is 0.334 e. The van der Waals surface area contributed by atoms with Gasteiger partial charge in [0.25, 0.3) is 0 Å². The van der Waals surface area contributed by atoms with E-state index in [-0.39, 0.29) is 17.5 Å². The van der Waals surface area contributed by atoms with E-state index >= 15 is 0 Å². The van der Waals surface area contributed by atoms with Crippen LogP contribution in [0.15, 0.2) is 46.6 Å². The number of carbonyl (C=O) groups is 1. The summed E-state index contributed by atoms with van der Waals surface area (Å²) in [6.07, 6.45) is 3.13. The monoisotopic (exact) mass is 400 g/mol. The van der Waals surface area contributed by atoms with Crippen molar-refractivity contribution in [3.8, 4) is 11.1 Å². The van der Waals surface area contributed by atoms with Crippen LogP contribution in [-0.4, -0.2) is 34.4 Å². The van der Waals surface area contributed by atoms with Crippen LogP contribution in [0.4, 0.5) is 13.2 Å². The number of aromatic nitrogens is 1. The first-order chi connectivity index (χ1) is 13.9. The highest BCUT2D eigenvalue weighted by Gasteiger charge is 2.34. The van der Waals surface area contributed by atoms with Gasteiger partial charge in [0.2, 0.25) is 5.91 Å². The molecule has 1 unspecified atom stereocenters. The zero-order valence-electron chi connectivity index (χ0n) is 15.6. The Morgan fingerprint density at radius 2 is 2.00 bits per heavy atom. The maximum atomic E-state index is 13.3. The molecule has 2 aromatic rings. The number of carbonyl (C=O) groups excluding carboxylic acids is 1. The van der Waals surface area contributed by atoms with Gasteiger partial charge >= 0.3 is 6.18 Å². The van der Waals surface area contributed by atoms with Gasteiger partial charge in [-0.3, -0.25) is 14.8 Å². The Balaban J connectivity index is 1.44. The molecule has 4 rings (SSSR count). The Morgan fingerprint density at radius 3 is 2.76 bits per heavy atom. The van der Waals surface area contributed by atoms with Crippen LogP contribution < -0.4 is 0 Å². The molecule has 0 bridgehead atoms. The number of fused-ring (bicyclic) bond motifs is 1. The quantitative estimate of drug-likeness (QED) is 0.753. The minimum absolute atomic E-state index is 0.0408. The van der Waals surface area contributed by atoms with Gasteiger partial charge < -0.3 is 4.90 Å². The summed E-state index contributed by atoms with van der Waals surface area (Å²) in [6.45, 7) is 0.892. The number of aliphatic imine (C=N–C) groups is 2. The van der Waals surface area contributed by atoms with Crippen molar-refractivity contribution in [2.75, 3.05) is 0 Å². The van der Waals surface area contributed by atoms with Gasteiger partial charge in [-0.1, -0.05) is 12.1 Å². The summed E-state index contributed by atoms with van der Waals surface area (Å²) in [5.41, 5.74) is 1.63. The fourth-order valence-electron chi connectivity index (χ4n) is 3.68. The Hall–Kier alpha value is -3.03. The predicted molar refractivity (Wildman–Crippen MR) is 104 cm³/mol. The first-order valence-electron chi connectivity index (χ1n) is 9.38. The summed E-state index contributed by atoms with van der Waals surface area (Å²) in [5.74, 6) is 0.0408. The molecule has 8 heteroatoms. The highest BCUT2D eigenvalue weighted by molar-refractivity contribution is 5.82. The molecule has 0 N–H and O–H groups in total. The Kier molecular flexibility index (Phi) is 5.17. The van der Waals surface area contributed by atoms with E-state index < -0.39 is 11.7 Å². The van der Waals surface area contributed by atoms with Crippen molar-refractivity contribution in [1.82, 2.24) is 9.88 Å². The summed E-state index contributed by atoms with van der Waals surface area (Å²) >= 11 is 0. The fourth-order valence-corrected chi connectivity index (χ4v) is 3.68. The molecule has 0 saturated heterocycles. The number of amides is 1. The zero-order valence-corrected chi connectivity index (χ0v) is 15.6. The van der Waals surface area contributed by atoms with E-state index in [2.05, 4.69) is 15.0 Å². The fraction of sp³-hybridized carbons (Fsp3) is 0.333. The van der Waals surface area contributed by atoms with Crippen LogP contribution in [0.3, 0.4) is 0 Å². The van der Waals surface area contributed by atoms with Crippen LogP contribution in [0.25, 0.3) is 11.1 Å². The van der Waals surface area contributed by atoms with Crippen molar-refractivity contribution >= 4 is 18.5 Å². The van der Waals surface area contributed by atoms with Crippen molar-refractivity contribution in [3.05, 3.63) is 53.3 Å². The lowest BCUT2D eigenvalue weighted by Gasteiger charge is -2.15. The van der Waals surface area contributed by atoms with Gasteiger partial charge in [-0.15, -0.1) is 0 Å². The van der Waals surface area contributed by atoms with Crippen LogP contribution in [0.2, 0.25) is 0 Å². The molecule has 0 spiro atoms. The topological polar surface area (TPSA) is 57.9 Å². The van der Waals surface area contributed by atoms with Crippen LogP contribution in [0.5, 0.6) is 0 Å². The van der Waals surface area contributed by atoms with Gasteiger partial charge in [-0.05, 0) is 41.7 Å². The Labute approximate surface area is 166 Å². The molecule has 29 heavy (non-hydrogen) atoms. The number of hydrogen-bond acceptors (Lipinski definition) is 4. The van der Waals surface area contributed by atoms with Crippen LogP contribution in [0.1, 0.15) is 36.0 Å². The normalized spacial score (nSPS) is 17.8. The number of nitrogens with zero attached hydrogens (tertiary/aromatic N) is 4. The summed E-state index contributed by atoms with van der Waals surface area (Å²) in [4.78, 5) is 26.2. The van der Waals surface area contributed by atoms with Crippen molar-refractivity contribution in [2.24, 2.45) is 9.98 Å². The van der Waals surface area contributed by atoms with Gasteiger partial charge in [0, 0.05) is 43.7 Å². The van der Waals surface area contributed by atoms with E-state index in [1.165, 1.54) is 12.5 Å². The molecule has 0 fully saturated rings. The molecule has 0 saturated carbocycles. The van der Waals surface area contributed by atoms with E-state index in [1.807, 2.05) is 0 Å². The molecule has 150 valence electrons. The number of rotatable bonds is 5. The minimum atomic E-state index is -4.45. The van der Waals surface area contributed by atoms with E-state index in [4.69, 9.17) is 0 Å². The zero-order chi connectivity index (χ0) is 20.4. The van der Waals surface area contributed by atoms with E-state index in [9.17, 15) is 18.0 Å². The van der Waals surface area contributed by atoms with Crippen LogP contribution >= 0.6 is 0 Å². The molecule has 1 aromatic carbocycles. The van der Waals surface area contributed by atoms with Gasteiger partial charge in [-0.2, -0.15) is 13.2 Å². The Bertz CT molecular complexity index is 972. The molecule has 1 aromatic heterocycles. The Morgan fingerprint density at radius 1 is 1.17 bits per heavy atom. The summed E-state index contributed by atoms with van der Waals surface area (Å²) in [7, 11) is 0. The summed E-state index contributed by atoms with van der Waals surface area (Å²) in [6, 6.07) is 6.24. The molecule has 1 amide bonds. The van der Waals surface area contributed by atoms with Gasteiger partial charge in [0.15, 0.2) is 0 Å². The lowest BCUT2D eigenvalue weighted by atomic mass is 9.98. The highest BCUT2D eigenvalue weighted by Crippen LogP contribution is 2.37. The molecule has 0 radical (unpaired) electrons. The van der Waals surface area contributed by atoms with E-state index in [0.717, 1.165) is 36.2 Å². The number of hydrogen-bond donors (Lipinski definition) is 0. The number of alkyl halides is 3. The maximum absolute atomic E-state index is 13.3. The molecule has 2 aliphatic rings. The van der Waals surface area contributed by atoms with Crippen molar-refractivity contribution < 1.29 is 18.0 Å². The molecular weight excluding hydrogens is 381 g/mol. The van der Waals surface area contributed by atoms with Gasteiger partial charge in [-0.25, -0.2) is 4.99 Å². The van der Waals surface area contributed by atoms with Gasteiger partial charge in [0.1, 0.15) is 6.34 Å². The standard InChI is InChI=1S/C21H19F3N4O/c22-21(23,24)19-6-7-25-10-18(19)14-4-5-15-11-28(12-16(15)8-14)20(29)3-1-2-17-9-26-13-27-17/h4-10,13,17H,1-3,11-12H2. The van der Waals surface area contributed by atoms with Crippen LogP contribution in [0, 0.1) is 0 Å². The molecule has 3 heterocycles. The third-order valence-electron chi connectivity index (χ3n) is 5.19. The maximum Gasteiger partial charge on any atom is 0.417 e. The van der Waals surface area contributed by atoms with E-state index in [1.54, 1.807) is 29.3 Å². The van der Waals surface area contributed by atoms with Crippen molar-refractivity contribution in [1.29, 1.82) is 0 Å². The minimum Gasteiger partial charge on any atom is -0.334 e. The molecular formula is C21H19F3N4O. The molecule has 1 atom stereocenters. The summed E-state index contributed by atoms with van der Waals surface area (Å²) in [5, 5.41) is 0. The van der Waals surface area contributed by atoms with Crippen molar-refractivity contribution in [2.45, 2.75) is 44.6 Å². The average Bonchev–Trinajstić information content (AvgIpc) is 3.36. The largest absolute Gasteiger partial charge is 0.417 e. The number of pyridine rings is 1. The predicted octanol–water partition coefficient (Wildman–Crippen LogP) is 4.26. The molecule has 2 aliphatic heterocycles. The second-order valence-electron chi connectivity index (χ2n) is 7.17. The second kappa shape index (κ2) is 7.77. The summed E-state index contributed by atoms with van der Waals surface area (Å²) < 4.78 is 39.9. The molecule has 5 nitrogen and oxygen atoms in total. The third kappa shape index (κ3) is 4.21. The lowest BCUT2D eigenvalue weighted by Crippen LogP contribution is -2.25. The average molecular weight is 400 g/mol. The second-order valence-corrected chi connectivity index (χ2v) is 7.17. The number of benzene rings is 1. The van der Waals surface area contributed by atoms with Crippen LogP contribution in [-0.2, 0) is 24.1 Å². The lowest BCUT2D eigenvalue weighted by molar-refractivity contribution is -0.137. The van der Waals surface area contributed by atoms with Gasteiger partial charge in [0.05, 0.1) is 11.6 Å². The van der Waals surface area contributed by atoms with E-state index in [0.29, 0.717) is 25.1 Å². The SMILES string of the molecule is O=C(CCCC1C=NC=N1)N1Cc2ccc(-c3cnccc3C(F)(F)F)cc2C1. The highest BCUT2D eigenvalue weighted by atomic mass is 19.4. The molecule has 0 aliphatic carbocycles. The first-order valence-corrected chi connectivity index (χ1v) is 9.38.